The summed E-state index contributed by atoms with van der Waals surface area (Å²) in [6.07, 6.45) is 0.750. The van der Waals surface area contributed by atoms with Crippen LogP contribution >= 0.6 is 22.9 Å². The van der Waals surface area contributed by atoms with Crippen molar-refractivity contribution in [3.05, 3.63) is 52.0 Å². The summed E-state index contributed by atoms with van der Waals surface area (Å²) in [4.78, 5) is 17.0. The van der Waals surface area contributed by atoms with Crippen LogP contribution in [0.5, 0.6) is 0 Å². The van der Waals surface area contributed by atoms with Crippen molar-refractivity contribution in [2.75, 3.05) is 11.9 Å². The Balaban J connectivity index is 1.54. The van der Waals surface area contributed by atoms with Crippen LogP contribution < -0.4 is 11.1 Å². The molecule has 1 amide bonds. The minimum Gasteiger partial charge on any atom is -0.369 e. The number of hydrogen-bond donors (Lipinski definition) is 2. The van der Waals surface area contributed by atoms with Gasteiger partial charge in [0, 0.05) is 24.0 Å². The lowest BCUT2D eigenvalue weighted by atomic mass is 10.0. The number of aryl methyl sites for hydroxylation is 1. The van der Waals surface area contributed by atoms with Gasteiger partial charge < -0.3 is 15.8 Å². The molecule has 11 heteroatoms. The summed E-state index contributed by atoms with van der Waals surface area (Å²) in [7, 11) is 1.72. The van der Waals surface area contributed by atoms with E-state index in [1.165, 1.54) is 17.6 Å². The Labute approximate surface area is 186 Å². The Bertz CT molecular complexity index is 1090. The number of benzene rings is 1. The molecule has 1 aliphatic rings. The summed E-state index contributed by atoms with van der Waals surface area (Å²) < 4.78 is 35.4. The van der Waals surface area contributed by atoms with Gasteiger partial charge in [0.1, 0.15) is 23.0 Å². The van der Waals surface area contributed by atoms with E-state index in [0.717, 1.165) is 11.3 Å². The number of nitrogens with two attached hydrogens (primary N) is 1. The number of alkyl halides is 1. The van der Waals surface area contributed by atoms with Gasteiger partial charge in [0.15, 0.2) is 5.82 Å². The predicted molar refractivity (Wildman–Crippen MR) is 114 cm³/mol. The maximum atomic E-state index is 14.3. The molecule has 3 aromatic rings. The molecule has 0 aliphatic carbocycles. The molecule has 0 bridgehead atoms. The van der Waals surface area contributed by atoms with E-state index >= 15 is 0 Å². The van der Waals surface area contributed by atoms with Crippen molar-refractivity contribution in [2.45, 2.75) is 31.2 Å². The van der Waals surface area contributed by atoms with Gasteiger partial charge in [-0.15, -0.1) is 11.3 Å². The average Bonchev–Trinajstić information content (AvgIpc) is 3.33. The molecule has 3 N–H and O–H groups in total. The Morgan fingerprint density at radius 2 is 2.23 bits per heavy atom. The van der Waals surface area contributed by atoms with Crippen molar-refractivity contribution < 1.29 is 18.3 Å². The largest absolute Gasteiger partial charge is 0.369 e. The van der Waals surface area contributed by atoms with Gasteiger partial charge in [-0.05, 0) is 25.0 Å². The minimum atomic E-state index is -1.24. The maximum Gasteiger partial charge on any atom is 0.275 e. The number of carbonyl (C=O) groups is 1. The molecule has 1 fully saturated rings. The van der Waals surface area contributed by atoms with Gasteiger partial charge in [-0.3, -0.25) is 9.48 Å². The average molecular weight is 468 g/mol. The molecule has 1 saturated heterocycles. The lowest BCUT2D eigenvalue weighted by Gasteiger charge is -2.17. The van der Waals surface area contributed by atoms with Gasteiger partial charge in [0.05, 0.1) is 29.2 Å². The van der Waals surface area contributed by atoms with Crippen LogP contribution in [0, 0.1) is 5.82 Å². The highest BCUT2D eigenvalue weighted by atomic mass is 35.5. The molecule has 3 atom stereocenters. The second-order valence-corrected chi connectivity index (χ2v) is 8.50. The number of halogens is 3. The molecule has 3 heterocycles. The highest BCUT2D eigenvalue weighted by Gasteiger charge is 2.30. The Kier molecular flexibility index (Phi) is 6.33. The summed E-state index contributed by atoms with van der Waals surface area (Å²) >= 11 is 6.97. The molecular formula is C20H20ClF2N5O2S. The fourth-order valence-electron chi connectivity index (χ4n) is 3.44. The summed E-state index contributed by atoms with van der Waals surface area (Å²) in [6.45, 7) is -0.120. The Hall–Kier alpha value is -2.40. The van der Waals surface area contributed by atoms with Crippen molar-refractivity contribution in [1.82, 2.24) is 14.8 Å². The minimum absolute atomic E-state index is 0.0164. The van der Waals surface area contributed by atoms with Gasteiger partial charge in [-0.1, -0.05) is 17.7 Å². The molecule has 2 aromatic heterocycles. The van der Waals surface area contributed by atoms with Crippen LogP contribution in [0.4, 0.5) is 14.5 Å². The number of aromatic nitrogens is 3. The summed E-state index contributed by atoms with van der Waals surface area (Å²) in [5.41, 5.74) is 7.21. The third-order valence-electron chi connectivity index (χ3n) is 5.14. The fourth-order valence-corrected chi connectivity index (χ4v) is 4.43. The van der Waals surface area contributed by atoms with Crippen LogP contribution in [0.25, 0.3) is 10.6 Å². The van der Waals surface area contributed by atoms with Gasteiger partial charge in [-0.2, -0.15) is 5.10 Å². The van der Waals surface area contributed by atoms with Gasteiger partial charge in [0.25, 0.3) is 5.91 Å². The van der Waals surface area contributed by atoms with Crippen LogP contribution in [-0.2, 0) is 11.8 Å². The van der Waals surface area contributed by atoms with Crippen LogP contribution in [0.2, 0.25) is 5.02 Å². The summed E-state index contributed by atoms with van der Waals surface area (Å²) in [5, 5.41) is 8.83. The molecule has 1 aromatic carbocycles. The molecule has 31 heavy (non-hydrogen) atoms. The Morgan fingerprint density at radius 3 is 3.03 bits per heavy atom. The number of nitrogens with one attached hydrogen (secondary N) is 1. The third kappa shape index (κ3) is 4.47. The quantitative estimate of drug-likeness (QED) is 0.602. The highest BCUT2D eigenvalue weighted by Crippen LogP contribution is 2.33. The number of nitrogens with zero attached hydrogens (tertiary/aromatic N) is 3. The third-order valence-corrected chi connectivity index (χ3v) is 6.31. The molecule has 2 unspecified atom stereocenters. The fraction of sp³-hybridized carbons (Fsp3) is 0.350. The number of rotatable bonds is 4. The highest BCUT2D eigenvalue weighted by molar-refractivity contribution is 7.13. The SMILES string of the molecule is Cn1ncc(NC(=O)c2csc(-c3cccc(Cl)c3F)n2)c1C1CCC(N)[C@@H](F)CO1. The zero-order valence-corrected chi connectivity index (χ0v) is 18.1. The number of ether oxygens (including phenoxy) is 1. The van der Waals surface area contributed by atoms with Gasteiger partial charge >= 0.3 is 0 Å². The van der Waals surface area contributed by atoms with E-state index < -0.39 is 30.0 Å². The van der Waals surface area contributed by atoms with Crippen molar-refractivity contribution >= 4 is 34.5 Å². The van der Waals surface area contributed by atoms with Gasteiger partial charge in [0.2, 0.25) is 0 Å². The number of amides is 1. The number of anilines is 1. The van der Waals surface area contributed by atoms with E-state index in [2.05, 4.69) is 15.4 Å². The van der Waals surface area contributed by atoms with Crippen LogP contribution in [-0.4, -0.2) is 39.5 Å². The monoisotopic (exact) mass is 467 g/mol. The molecule has 7 nitrogen and oxygen atoms in total. The molecule has 0 spiro atoms. The van der Waals surface area contributed by atoms with Crippen LogP contribution in [0.1, 0.15) is 35.1 Å². The first-order valence-corrected chi connectivity index (χ1v) is 10.8. The van der Waals surface area contributed by atoms with Crippen molar-refractivity contribution in [2.24, 2.45) is 12.8 Å². The molecule has 164 valence electrons. The van der Waals surface area contributed by atoms with E-state index in [1.54, 1.807) is 23.9 Å². The van der Waals surface area contributed by atoms with Gasteiger partial charge in [-0.25, -0.2) is 13.8 Å². The first-order chi connectivity index (χ1) is 14.8. The lowest BCUT2D eigenvalue weighted by molar-refractivity contribution is 0.0247. The topological polar surface area (TPSA) is 95.1 Å². The first-order valence-electron chi connectivity index (χ1n) is 9.59. The van der Waals surface area contributed by atoms with E-state index in [1.807, 2.05) is 0 Å². The van der Waals surface area contributed by atoms with E-state index in [0.29, 0.717) is 29.2 Å². The normalized spacial score (nSPS) is 21.6. The van der Waals surface area contributed by atoms with Crippen molar-refractivity contribution in [1.29, 1.82) is 0 Å². The summed E-state index contributed by atoms with van der Waals surface area (Å²) in [6, 6.07) is 4.02. The van der Waals surface area contributed by atoms with E-state index in [-0.39, 0.29) is 22.9 Å². The Morgan fingerprint density at radius 1 is 1.42 bits per heavy atom. The maximum absolute atomic E-state index is 14.3. The smallest absolute Gasteiger partial charge is 0.275 e. The molecule has 0 radical (unpaired) electrons. The van der Waals surface area contributed by atoms with Crippen molar-refractivity contribution in [3.63, 3.8) is 0 Å². The zero-order valence-electron chi connectivity index (χ0n) is 16.5. The first kappa shape index (κ1) is 21.8. The number of hydrogen-bond acceptors (Lipinski definition) is 6. The predicted octanol–water partition coefficient (Wildman–Crippen LogP) is 4.11. The second-order valence-electron chi connectivity index (χ2n) is 7.24. The number of thiazole rings is 1. The molecule has 1 aliphatic heterocycles. The zero-order chi connectivity index (χ0) is 22.1. The number of carbonyl (C=O) groups excluding carboxylic acids is 1. The standard InChI is InChI=1S/C20H20ClF2N5O2S/c1-28-18(16-6-5-13(24)12(22)8-30-16)14(7-25-28)26-19(29)15-9-31-20(27-15)10-3-2-4-11(21)17(10)23/h2-4,7,9,12-13,16H,5-6,8,24H2,1H3,(H,26,29)/t12-,13?,16?/m0/s1. The van der Waals surface area contributed by atoms with E-state index in [4.69, 9.17) is 22.1 Å². The second kappa shape index (κ2) is 8.99. The summed E-state index contributed by atoms with van der Waals surface area (Å²) in [5.74, 6) is -1.07. The lowest BCUT2D eigenvalue weighted by Crippen LogP contribution is -2.32. The molecule has 0 saturated carbocycles. The van der Waals surface area contributed by atoms with E-state index in [9.17, 15) is 13.6 Å². The van der Waals surface area contributed by atoms with Crippen LogP contribution in [0.3, 0.4) is 0 Å². The van der Waals surface area contributed by atoms with Crippen molar-refractivity contribution in [3.8, 4) is 10.6 Å². The molecule has 4 rings (SSSR count). The molecular weight excluding hydrogens is 448 g/mol. The van der Waals surface area contributed by atoms with Crippen LogP contribution in [0.15, 0.2) is 29.8 Å².